The molecule has 0 aromatic rings. The van der Waals surface area contributed by atoms with E-state index in [1.54, 1.807) is 0 Å². The molecule has 1 unspecified atom stereocenters. The summed E-state index contributed by atoms with van der Waals surface area (Å²) < 4.78 is 11.9. The highest BCUT2D eigenvalue weighted by Crippen LogP contribution is 2.37. The van der Waals surface area contributed by atoms with Crippen LogP contribution in [-0.2, 0) is 14.3 Å². The molecule has 1 aliphatic carbocycles. The molecule has 0 amide bonds. The van der Waals surface area contributed by atoms with E-state index in [1.165, 1.54) is 18.9 Å². The minimum Gasteiger partial charge on any atom is -0.427 e. The third kappa shape index (κ3) is 3.15. The lowest BCUT2D eigenvalue weighted by Gasteiger charge is -2.38. The first kappa shape index (κ1) is 14.1. The SMILES string of the molecule is CC(C)[C@@H]1CC[C@@H](C)C[C@H]1OC1OC(=O)C=C1Br. The summed E-state index contributed by atoms with van der Waals surface area (Å²) in [6.45, 7) is 6.74. The number of carbonyl (C=O) groups is 1. The van der Waals surface area contributed by atoms with Gasteiger partial charge in [-0.25, -0.2) is 4.79 Å². The largest absolute Gasteiger partial charge is 0.427 e. The van der Waals surface area contributed by atoms with E-state index in [-0.39, 0.29) is 12.1 Å². The maximum Gasteiger partial charge on any atom is 0.334 e. The third-order valence-corrected chi connectivity index (χ3v) is 4.57. The normalized spacial score (nSPS) is 36.7. The van der Waals surface area contributed by atoms with Crippen molar-refractivity contribution in [2.75, 3.05) is 0 Å². The Morgan fingerprint density at radius 3 is 2.72 bits per heavy atom. The lowest BCUT2D eigenvalue weighted by Crippen LogP contribution is -2.37. The fourth-order valence-electron chi connectivity index (χ4n) is 2.90. The highest BCUT2D eigenvalue weighted by atomic mass is 79.9. The Morgan fingerprint density at radius 1 is 1.44 bits per heavy atom. The Kier molecular flexibility index (Phi) is 4.49. The zero-order valence-corrected chi connectivity index (χ0v) is 12.8. The van der Waals surface area contributed by atoms with Crippen molar-refractivity contribution in [2.24, 2.45) is 17.8 Å². The van der Waals surface area contributed by atoms with Crippen molar-refractivity contribution >= 4 is 21.9 Å². The minimum absolute atomic E-state index is 0.186. The fourth-order valence-corrected chi connectivity index (χ4v) is 3.29. The van der Waals surface area contributed by atoms with Crippen molar-refractivity contribution in [3.8, 4) is 0 Å². The van der Waals surface area contributed by atoms with Crippen molar-refractivity contribution in [3.05, 3.63) is 10.6 Å². The minimum atomic E-state index is -0.533. The van der Waals surface area contributed by atoms with E-state index >= 15 is 0 Å². The van der Waals surface area contributed by atoms with Crippen LogP contribution in [-0.4, -0.2) is 18.4 Å². The smallest absolute Gasteiger partial charge is 0.334 e. The molecule has 1 fully saturated rings. The van der Waals surface area contributed by atoms with Gasteiger partial charge in [0.1, 0.15) is 0 Å². The second-order valence-electron chi connectivity index (χ2n) is 5.80. The lowest BCUT2D eigenvalue weighted by molar-refractivity contribution is -0.179. The molecule has 1 saturated carbocycles. The van der Waals surface area contributed by atoms with Crippen LogP contribution in [0.25, 0.3) is 0 Å². The second kappa shape index (κ2) is 5.74. The van der Waals surface area contributed by atoms with E-state index in [0.717, 1.165) is 6.42 Å². The zero-order valence-electron chi connectivity index (χ0n) is 11.2. The molecule has 2 rings (SSSR count). The van der Waals surface area contributed by atoms with Crippen LogP contribution in [0.2, 0.25) is 0 Å². The van der Waals surface area contributed by atoms with Crippen LogP contribution >= 0.6 is 15.9 Å². The van der Waals surface area contributed by atoms with Gasteiger partial charge in [0.2, 0.25) is 6.29 Å². The molecular weight excluding hydrogens is 296 g/mol. The Balaban J connectivity index is 2.01. The number of hydrogen-bond donors (Lipinski definition) is 0. The number of halogens is 1. The Hall–Kier alpha value is -0.350. The number of ether oxygens (including phenoxy) is 2. The molecule has 0 aromatic heterocycles. The van der Waals surface area contributed by atoms with Crippen LogP contribution in [0.1, 0.15) is 40.0 Å². The Labute approximate surface area is 117 Å². The molecule has 0 saturated heterocycles. The van der Waals surface area contributed by atoms with Crippen molar-refractivity contribution in [1.29, 1.82) is 0 Å². The summed E-state index contributed by atoms with van der Waals surface area (Å²) in [7, 11) is 0. The zero-order chi connectivity index (χ0) is 13.3. The van der Waals surface area contributed by atoms with Gasteiger partial charge < -0.3 is 9.47 Å². The maximum absolute atomic E-state index is 11.2. The molecule has 0 N–H and O–H groups in total. The summed E-state index contributed by atoms with van der Waals surface area (Å²) in [5, 5.41) is 0. The van der Waals surface area contributed by atoms with Crippen LogP contribution in [0.4, 0.5) is 0 Å². The maximum atomic E-state index is 11.2. The molecule has 1 heterocycles. The summed E-state index contributed by atoms with van der Waals surface area (Å²) in [5.41, 5.74) is 0. The lowest BCUT2D eigenvalue weighted by atomic mass is 9.75. The van der Waals surface area contributed by atoms with Crippen LogP contribution in [0.3, 0.4) is 0 Å². The summed E-state index contributed by atoms with van der Waals surface area (Å²) in [4.78, 5) is 11.2. The Bertz CT molecular complexity index is 351. The average molecular weight is 317 g/mol. The first-order valence-electron chi connectivity index (χ1n) is 6.70. The van der Waals surface area contributed by atoms with Gasteiger partial charge in [0.05, 0.1) is 10.6 Å². The topological polar surface area (TPSA) is 35.5 Å². The third-order valence-electron chi connectivity index (χ3n) is 3.96. The Morgan fingerprint density at radius 2 is 2.17 bits per heavy atom. The number of hydrogen-bond acceptors (Lipinski definition) is 3. The highest BCUT2D eigenvalue weighted by molar-refractivity contribution is 9.11. The van der Waals surface area contributed by atoms with Gasteiger partial charge in [-0.1, -0.05) is 27.2 Å². The predicted molar refractivity (Wildman–Crippen MR) is 73.1 cm³/mol. The molecule has 102 valence electrons. The van der Waals surface area contributed by atoms with Gasteiger partial charge in [-0.05, 0) is 46.5 Å². The van der Waals surface area contributed by atoms with E-state index in [1.807, 2.05) is 0 Å². The van der Waals surface area contributed by atoms with Gasteiger partial charge in [0.25, 0.3) is 0 Å². The van der Waals surface area contributed by atoms with Crippen molar-refractivity contribution in [1.82, 2.24) is 0 Å². The van der Waals surface area contributed by atoms with Crippen LogP contribution in [0, 0.1) is 17.8 Å². The highest BCUT2D eigenvalue weighted by Gasteiger charge is 2.36. The molecule has 0 radical (unpaired) electrons. The molecule has 0 bridgehead atoms. The number of esters is 1. The van der Waals surface area contributed by atoms with Crippen LogP contribution in [0.15, 0.2) is 10.6 Å². The van der Waals surface area contributed by atoms with Gasteiger partial charge in [0.15, 0.2) is 0 Å². The summed E-state index contributed by atoms with van der Waals surface area (Å²) in [6.07, 6.45) is 4.62. The molecule has 2 aliphatic rings. The van der Waals surface area contributed by atoms with E-state index in [2.05, 4.69) is 36.7 Å². The van der Waals surface area contributed by atoms with Gasteiger partial charge in [-0.2, -0.15) is 0 Å². The van der Waals surface area contributed by atoms with Gasteiger partial charge >= 0.3 is 5.97 Å². The molecule has 4 atom stereocenters. The van der Waals surface area contributed by atoms with E-state index in [9.17, 15) is 4.79 Å². The fraction of sp³-hybridized carbons (Fsp3) is 0.786. The number of carbonyl (C=O) groups excluding carboxylic acids is 1. The first-order chi connectivity index (χ1) is 8.47. The standard InChI is InChI=1S/C14H21BrO3/c1-8(2)10-5-4-9(3)6-12(10)17-14-11(15)7-13(16)18-14/h7-10,12,14H,4-6H2,1-3H3/t9-,10+,12-,14?/m1/s1. The number of cyclic esters (lactones) is 1. The molecule has 0 aromatic carbocycles. The van der Waals surface area contributed by atoms with E-state index in [0.29, 0.717) is 22.2 Å². The van der Waals surface area contributed by atoms with Gasteiger partial charge in [0, 0.05) is 6.08 Å². The first-order valence-corrected chi connectivity index (χ1v) is 7.50. The van der Waals surface area contributed by atoms with Gasteiger partial charge in [-0.3, -0.25) is 0 Å². The molecular formula is C14H21BrO3. The summed E-state index contributed by atoms with van der Waals surface area (Å²) in [5.74, 6) is 1.52. The average Bonchev–Trinajstić information content (AvgIpc) is 2.57. The van der Waals surface area contributed by atoms with E-state index in [4.69, 9.17) is 9.47 Å². The van der Waals surface area contributed by atoms with Crippen molar-refractivity contribution in [3.63, 3.8) is 0 Å². The van der Waals surface area contributed by atoms with Gasteiger partial charge in [-0.15, -0.1) is 0 Å². The van der Waals surface area contributed by atoms with Crippen LogP contribution in [0.5, 0.6) is 0 Å². The predicted octanol–water partition coefficient (Wildman–Crippen LogP) is 3.63. The molecule has 0 spiro atoms. The molecule has 1 aliphatic heterocycles. The monoisotopic (exact) mass is 316 g/mol. The van der Waals surface area contributed by atoms with E-state index < -0.39 is 6.29 Å². The second-order valence-corrected chi connectivity index (χ2v) is 6.71. The molecule has 3 nitrogen and oxygen atoms in total. The number of rotatable bonds is 3. The van der Waals surface area contributed by atoms with Crippen molar-refractivity contribution in [2.45, 2.75) is 52.4 Å². The quantitative estimate of drug-likeness (QED) is 0.746. The summed E-state index contributed by atoms with van der Waals surface area (Å²) in [6, 6.07) is 0. The summed E-state index contributed by atoms with van der Waals surface area (Å²) >= 11 is 3.33. The van der Waals surface area contributed by atoms with Crippen molar-refractivity contribution < 1.29 is 14.3 Å². The molecule has 18 heavy (non-hydrogen) atoms. The van der Waals surface area contributed by atoms with Crippen LogP contribution < -0.4 is 0 Å². The molecule has 4 heteroatoms.